The van der Waals surface area contributed by atoms with E-state index in [1.165, 1.54) is 5.56 Å². The van der Waals surface area contributed by atoms with E-state index in [4.69, 9.17) is 5.10 Å². The third-order valence-corrected chi connectivity index (χ3v) is 7.54. The third kappa shape index (κ3) is 4.23. The van der Waals surface area contributed by atoms with Crippen LogP contribution in [0.3, 0.4) is 0 Å². The van der Waals surface area contributed by atoms with Gasteiger partial charge in [-0.25, -0.2) is 0 Å². The lowest BCUT2D eigenvalue weighted by atomic mass is 9.94. The number of aryl methyl sites for hydroxylation is 3. The van der Waals surface area contributed by atoms with Gasteiger partial charge in [-0.2, -0.15) is 5.10 Å². The zero-order valence-electron chi connectivity index (χ0n) is 19.6. The first-order chi connectivity index (χ1) is 16.5. The number of carbonyl (C=O) groups is 1. The minimum absolute atomic E-state index is 0.0976. The van der Waals surface area contributed by atoms with Gasteiger partial charge >= 0.3 is 0 Å². The second kappa shape index (κ2) is 9.43. The van der Waals surface area contributed by atoms with Gasteiger partial charge in [0.05, 0.1) is 10.9 Å². The molecular weight excluding hydrogens is 442 g/mol. The van der Waals surface area contributed by atoms with Gasteiger partial charge in [-0.1, -0.05) is 24.3 Å². The highest BCUT2D eigenvalue weighted by Gasteiger charge is 2.30. The molecule has 1 aliphatic heterocycles. The van der Waals surface area contributed by atoms with Crippen LogP contribution in [0.15, 0.2) is 60.9 Å². The number of aromatic nitrogens is 4. The average Bonchev–Trinajstić information content (AvgIpc) is 3.02. The van der Waals surface area contributed by atoms with E-state index in [1.54, 1.807) is 12.4 Å². The molecular formula is C27H27N5OS. The van der Waals surface area contributed by atoms with Crippen molar-refractivity contribution in [2.45, 2.75) is 25.5 Å². The van der Waals surface area contributed by atoms with Gasteiger partial charge in [-0.3, -0.25) is 19.4 Å². The van der Waals surface area contributed by atoms with Crippen molar-refractivity contribution in [2.24, 2.45) is 7.05 Å². The number of anilines is 1. The van der Waals surface area contributed by atoms with E-state index in [-0.39, 0.29) is 11.0 Å². The summed E-state index contributed by atoms with van der Waals surface area (Å²) < 4.78 is 1.92. The number of nitrogens with zero attached hydrogens (tertiary/aromatic N) is 4. The number of ketones is 1. The molecule has 6 nitrogen and oxygen atoms in total. The van der Waals surface area contributed by atoms with Gasteiger partial charge < -0.3 is 5.32 Å². The molecule has 0 unspecified atom stereocenters. The highest BCUT2D eigenvalue weighted by atomic mass is 32.2. The van der Waals surface area contributed by atoms with Gasteiger partial charge in [-0.05, 0) is 54.8 Å². The molecule has 0 fully saturated rings. The number of pyridine rings is 2. The van der Waals surface area contributed by atoms with Crippen molar-refractivity contribution in [2.75, 3.05) is 17.6 Å². The van der Waals surface area contributed by atoms with Crippen LogP contribution < -0.4 is 5.32 Å². The number of thioether (sulfide) groups is 1. The monoisotopic (exact) mass is 469 g/mol. The van der Waals surface area contributed by atoms with Crippen LogP contribution in [0.25, 0.3) is 11.4 Å². The Morgan fingerprint density at radius 2 is 1.97 bits per heavy atom. The maximum absolute atomic E-state index is 13.0. The van der Waals surface area contributed by atoms with E-state index in [1.807, 2.05) is 72.9 Å². The lowest BCUT2D eigenvalue weighted by molar-refractivity contribution is 0.0992. The normalized spacial score (nSPS) is 15.3. The molecule has 0 saturated heterocycles. The fourth-order valence-corrected chi connectivity index (χ4v) is 5.78. The first kappa shape index (κ1) is 22.3. The molecule has 0 radical (unpaired) electrons. The topological polar surface area (TPSA) is 72.7 Å². The quantitative estimate of drug-likeness (QED) is 0.407. The molecule has 172 valence electrons. The number of fused-ring (bicyclic) bond motifs is 1. The van der Waals surface area contributed by atoms with E-state index in [9.17, 15) is 4.79 Å². The summed E-state index contributed by atoms with van der Waals surface area (Å²) in [5, 5.41) is 8.48. The predicted octanol–water partition coefficient (Wildman–Crippen LogP) is 5.17. The molecule has 1 N–H and O–H groups in total. The highest BCUT2D eigenvalue weighted by Crippen LogP contribution is 2.46. The van der Waals surface area contributed by atoms with Gasteiger partial charge in [0.15, 0.2) is 5.78 Å². The molecule has 1 atom stereocenters. The van der Waals surface area contributed by atoms with Crippen LogP contribution in [0.5, 0.6) is 0 Å². The second-order valence-electron chi connectivity index (χ2n) is 8.55. The Morgan fingerprint density at radius 3 is 2.74 bits per heavy atom. The number of hydrogen-bond acceptors (Lipinski definition) is 6. The Bertz CT molecular complexity index is 1350. The number of carbonyl (C=O) groups excluding carboxylic acids is 1. The standard InChI is InChI=1S/C27H27N5OS/c1-17-15-20(23(33)16-19-7-6-12-28-18(19)2)9-10-21(17)26-24-25(22-8-4-5-11-29-22)31-32(3)27(24)30-13-14-34-26/h4-12,15,26,30H,13-14,16H2,1-3H3/t26-/m0/s1. The first-order valence-corrected chi connectivity index (χ1v) is 12.5. The van der Waals surface area contributed by atoms with Crippen molar-refractivity contribution in [3.05, 3.63) is 94.4 Å². The van der Waals surface area contributed by atoms with Crippen LogP contribution in [-0.2, 0) is 13.5 Å². The van der Waals surface area contributed by atoms with Crippen LogP contribution in [0.2, 0.25) is 0 Å². The minimum Gasteiger partial charge on any atom is -0.369 e. The Labute approximate surface area is 203 Å². The Hall–Kier alpha value is -3.45. The van der Waals surface area contributed by atoms with Crippen LogP contribution in [0.1, 0.15) is 43.6 Å². The van der Waals surface area contributed by atoms with Crippen molar-refractivity contribution in [3.63, 3.8) is 0 Å². The molecule has 1 aromatic carbocycles. The van der Waals surface area contributed by atoms with Crippen molar-refractivity contribution >= 4 is 23.4 Å². The molecule has 1 aliphatic rings. The van der Waals surface area contributed by atoms with Gasteiger partial charge in [0.1, 0.15) is 11.5 Å². The van der Waals surface area contributed by atoms with Crippen LogP contribution in [-0.4, -0.2) is 37.8 Å². The van der Waals surface area contributed by atoms with E-state index in [0.717, 1.165) is 57.5 Å². The summed E-state index contributed by atoms with van der Waals surface area (Å²) in [6, 6.07) is 15.9. The van der Waals surface area contributed by atoms with Crippen molar-refractivity contribution in [3.8, 4) is 11.4 Å². The van der Waals surface area contributed by atoms with Crippen LogP contribution in [0, 0.1) is 13.8 Å². The van der Waals surface area contributed by atoms with Crippen LogP contribution >= 0.6 is 11.8 Å². The van der Waals surface area contributed by atoms with Crippen molar-refractivity contribution in [1.29, 1.82) is 0 Å². The number of hydrogen-bond donors (Lipinski definition) is 1. The SMILES string of the molecule is Cc1cc(C(=O)Cc2cccnc2C)ccc1[C@@H]1SCCNc2c1c(-c1ccccn1)nn2C. The largest absolute Gasteiger partial charge is 0.369 e. The summed E-state index contributed by atoms with van der Waals surface area (Å²) in [5.74, 6) is 2.11. The molecule has 0 amide bonds. The highest BCUT2D eigenvalue weighted by molar-refractivity contribution is 7.99. The fourth-order valence-electron chi connectivity index (χ4n) is 4.49. The molecule has 0 saturated carbocycles. The number of rotatable bonds is 5. The summed E-state index contributed by atoms with van der Waals surface area (Å²) in [4.78, 5) is 21.9. The minimum atomic E-state index is 0.0976. The smallest absolute Gasteiger partial charge is 0.167 e. The summed E-state index contributed by atoms with van der Waals surface area (Å²) in [6.45, 7) is 4.91. The number of Topliss-reactive ketones (excluding diaryl/α,β-unsaturated/α-hetero) is 1. The summed E-state index contributed by atoms with van der Waals surface area (Å²) in [6.07, 6.45) is 3.92. The maximum Gasteiger partial charge on any atom is 0.167 e. The third-order valence-electron chi connectivity index (χ3n) is 6.27. The Kier molecular flexibility index (Phi) is 6.20. The van der Waals surface area contributed by atoms with Gasteiger partial charge in [0, 0.05) is 55.0 Å². The lowest BCUT2D eigenvalue weighted by Crippen LogP contribution is -2.08. The second-order valence-corrected chi connectivity index (χ2v) is 9.76. The average molecular weight is 470 g/mol. The summed E-state index contributed by atoms with van der Waals surface area (Å²) >= 11 is 1.90. The van der Waals surface area contributed by atoms with Crippen molar-refractivity contribution in [1.82, 2.24) is 19.7 Å². The molecule has 4 heterocycles. The molecule has 34 heavy (non-hydrogen) atoms. The molecule has 0 aliphatic carbocycles. The molecule has 7 heteroatoms. The molecule has 3 aromatic heterocycles. The van der Waals surface area contributed by atoms with Gasteiger partial charge in [-0.15, -0.1) is 11.8 Å². The maximum atomic E-state index is 13.0. The Balaban J connectivity index is 1.52. The predicted molar refractivity (Wildman–Crippen MR) is 137 cm³/mol. The van der Waals surface area contributed by atoms with Crippen LogP contribution in [0.4, 0.5) is 5.82 Å². The first-order valence-electron chi connectivity index (χ1n) is 11.4. The van der Waals surface area contributed by atoms with Crippen molar-refractivity contribution < 1.29 is 4.79 Å². The summed E-state index contributed by atoms with van der Waals surface area (Å²) in [5.41, 5.74) is 7.83. The fraction of sp³-hybridized carbons (Fsp3) is 0.259. The van der Waals surface area contributed by atoms with E-state index < -0.39 is 0 Å². The molecule has 5 rings (SSSR count). The number of nitrogens with one attached hydrogen (secondary N) is 1. The van der Waals surface area contributed by atoms with E-state index in [2.05, 4.69) is 28.3 Å². The Morgan fingerprint density at radius 1 is 1.12 bits per heavy atom. The van der Waals surface area contributed by atoms with Gasteiger partial charge in [0.25, 0.3) is 0 Å². The molecule has 0 bridgehead atoms. The van der Waals surface area contributed by atoms with E-state index in [0.29, 0.717) is 6.42 Å². The van der Waals surface area contributed by atoms with E-state index >= 15 is 0 Å². The summed E-state index contributed by atoms with van der Waals surface area (Å²) in [7, 11) is 1.97. The zero-order chi connectivity index (χ0) is 23.7. The number of benzene rings is 1. The molecule has 0 spiro atoms. The van der Waals surface area contributed by atoms with Gasteiger partial charge in [0.2, 0.25) is 0 Å². The lowest BCUT2D eigenvalue weighted by Gasteiger charge is -2.19. The molecule has 4 aromatic rings. The zero-order valence-corrected chi connectivity index (χ0v) is 20.4.